The largest absolute Gasteiger partial charge is 0.493 e. The second-order valence-corrected chi connectivity index (χ2v) is 8.45. The molecular formula is C27H33N3O5. The fraction of sp³-hybridized carbons (Fsp3) is 0.370. The number of likely N-dealkylation sites (tertiary alicyclic amines) is 1. The number of hydrogen-bond acceptors (Lipinski definition) is 5. The molecule has 0 radical (unpaired) electrons. The predicted molar refractivity (Wildman–Crippen MR) is 135 cm³/mol. The van der Waals surface area contributed by atoms with E-state index in [0.29, 0.717) is 55.3 Å². The van der Waals surface area contributed by atoms with Crippen LogP contribution in [0.2, 0.25) is 0 Å². The molecule has 0 aliphatic carbocycles. The second-order valence-electron chi connectivity index (χ2n) is 8.45. The molecule has 3 rings (SSSR count). The average Bonchev–Trinajstić information content (AvgIpc) is 2.88. The summed E-state index contributed by atoms with van der Waals surface area (Å²) < 4.78 is 11.2. The molecule has 0 bridgehead atoms. The number of carbonyl (C=O) groups excluding carboxylic acids is 3. The van der Waals surface area contributed by atoms with Crippen LogP contribution in [0.5, 0.6) is 11.5 Å². The zero-order valence-electron chi connectivity index (χ0n) is 20.3. The van der Waals surface area contributed by atoms with Crippen LogP contribution < -0.4 is 20.5 Å². The highest BCUT2D eigenvalue weighted by atomic mass is 16.5. The average molecular weight is 480 g/mol. The summed E-state index contributed by atoms with van der Waals surface area (Å²) >= 11 is 0. The van der Waals surface area contributed by atoms with Crippen LogP contribution in [0.3, 0.4) is 0 Å². The van der Waals surface area contributed by atoms with Crippen molar-refractivity contribution >= 4 is 29.5 Å². The van der Waals surface area contributed by atoms with Gasteiger partial charge in [0.2, 0.25) is 11.8 Å². The number of carbonyl (C=O) groups is 3. The smallest absolute Gasteiger partial charge is 0.255 e. The Kier molecular flexibility index (Phi) is 9.29. The minimum Gasteiger partial charge on any atom is -0.493 e. The van der Waals surface area contributed by atoms with Gasteiger partial charge in [-0.3, -0.25) is 14.4 Å². The topological polar surface area (TPSA) is 111 Å². The standard InChI is InChI=1S/C27H33N3O5/c1-3-4-17-35-23-11-9-19(18-24(23)34-2)10-12-25(31)29-22-8-6-5-7-21(22)27(33)30-15-13-20(14-16-30)26(28)32/h5-12,18,20H,3-4,13-17H2,1-2H3,(H2,28,32)(H,29,31). The fourth-order valence-electron chi connectivity index (χ4n) is 3.90. The summed E-state index contributed by atoms with van der Waals surface area (Å²) in [6, 6.07) is 12.4. The first-order valence-corrected chi connectivity index (χ1v) is 11.9. The van der Waals surface area contributed by atoms with E-state index in [1.165, 1.54) is 6.08 Å². The van der Waals surface area contributed by atoms with Crippen LogP contribution in [0, 0.1) is 5.92 Å². The normalized spacial score (nSPS) is 14.1. The van der Waals surface area contributed by atoms with Crippen LogP contribution in [0.15, 0.2) is 48.5 Å². The van der Waals surface area contributed by atoms with Gasteiger partial charge in [0.25, 0.3) is 5.91 Å². The van der Waals surface area contributed by atoms with Crippen LogP contribution in [0.1, 0.15) is 48.5 Å². The summed E-state index contributed by atoms with van der Waals surface area (Å²) in [6.45, 7) is 3.62. The predicted octanol–water partition coefficient (Wildman–Crippen LogP) is 3.86. The minimum absolute atomic E-state index is 0.184. The lowest BCUT2D eigenvalue weighted by Gasteiger charge is -2.31. The molecule has 0 aromatic heterocycles. The Morgan fingerprint density at radius 2 is 1.86 bits per heavy atom. The van der Waals surface area contributed by atoms with Crippen molar-refractivity contribution < 1.29 is 23.9 Å². The Labute approximate surface area is 206 Å². The first-order valence-electron chi connectivity index (χ1n) is 11.9. The Hall–Kier alpha value is -3.81. The molecule has 0 atom stereocenters. The number of ether oxygens (including phenoxy) is 2. The molecule has 0 saturated carbocycles. The van der Waals surface area contributed by atoms with Gasteiger partial charge < -0.3 is 25.4 Å². The Morgan fingerprint density at radius 1 is 1.11 bits per heavy atom. The molecule has 0 unspecified atom stereocenters. The molecule has 35 heavy (non-hydrogen) atoms. The summed E-state index contributed by atoms with van der Waals surface area (Å²) in [5, 5.41) is 2.80. The van der Waals surface area contributed by atoms with Gasteiger partial charge in [0.05, 0.1) is 25.0 Å². The first-order chi connectivity index (χ1) is 16.9. The number of benzene rings is 2. The number of piperidine rings is 1. The van der Waals surface area contributed by atoms with E-state index in [4.69, 9.17) is 15.2 Å². The molecule has 3 N–H and O–H groups in total. The van der Waals surface area contributed by atoms with E-state index in [0.717, 1.165) is 18.4 Å². The highest BCUT2D eigenvalue weighted by Gasteiger charge is 2.27. The number of anilines is 1. The lowest BCUT2D eigenvalue weighted by atomic mass is 9.95. The maximum Gasteiger partial charge on any atom is 0.255 e. The first kappa shape index (κ1) is 25.8. The summed E-state index contributed by atoms with van der Waals surface area (Å²) in [5.41, 5.74) is 7.00. The second kappa shape index (κ2) is 12.6. The number of methoxy groups -OCH3 is 1. The zero-order chi connectivity index (χ0) is 25.2. The van der Waals surface area contributed by atoms with Gasteiger partial charge in [-0.25, -0.2) is 0 Å². The number of hydrogen-bond donors (Lipinski definition) is 2. The van der Waals surface area contributed by atoms with Crippen molar-refractivity contribution in [1.29, 1.82) is 0 Å². The van der Waals surface area contributed by atoms with Crippen LogP contribution in [-0.4, -0.2) is 49.4 Å². The van der Waals surface area contributed by atoms with Gasteiger partial charge in [-0.05, 0) is 55.2 Å². The van der Waals surface area contributed by atoms with Gasteiger partial charge in [0.15, 0.2) is 11.5 Å². The van der Waals surface area contributed by atoms with Gasteiger partial charge in [-0.2, -0.15) is 0 Å². The SMILES string of the molecule is CCCCOc1ccc(C=CC(=O)Nc2ccccc2C(=O)N2CCC(C(N)=O)CC2)cc1OC. The van der Waals surface area contributed by atoms with E-state index in [-0.39, 0.29) is 23.6 Å². The van der Waals surface area contributed by atoms with Gasteiger partial charge in [-0.15, -0.1) is 0 Å². The molecule has 1 fully saturated rings. The minimum atomic E-state index is -0.361. The summed E-state index contributed by atoms with van der Waals surface area (Å²) in [7, 11) is 1.58. The molecule has 3 amide bonds. The molecule has 2 aromatic carbocycles. The lowest BCUT2D eigenvalue weighted by molar-refractivity contribution is -0.123. The Morgan fingerprint density at radius 3 is 2.54 bits per heavy atom. The van der Waals surface area contributed by atoms with Crippen molar-refractivity contribution in [3.05, 3.63) is 59.7 Å². The molecule has 1 heterocycles. The number of para-hydroxylation sites is 1. The third-order valence-corrected chi connectivity index (χ3v) is 5.97. The number of nitrogens with zero attached hydrogens (tertiary/aromatic N) is 1. The molecule has 8 heteroatoms. The number of amides is 3. The summed E-state index contributed by atoms with van der Waals surface area (Å²) in [4.78, 5) is 38.8. The van der Waals surface area contributed by atoms with E-state index >= 15 is 0 Å². The van der Waals surface area contributed by atoms with Crippen molar-refractivity contribution in [2.75, 3.05) is 32.1 Å². The molecule has 186 valence electrons. The van der Waals surface area contributed by atoms with E-state index in [1.807, 2.05) is 12.1 Å². The summed E-state index contributed by atoms with van der Waals surface area (Å²) in [6.07, 6.45) is 6.18. The molecule has 8 nitrogen and oxygen atoms in total. The third kappa shape index (κ3) is 7.09. The quantitative estimate of drug-likeness (QED) is 0.397. The lowest BCUT2D eigenvalue weighted by Crippen LogP contribution is -2.42. The van der Waals surface area contributed by atoms with Crippen molar-refractivity contribution in [3.8, 4) is 11.5 Å². The fourth-order valence-corrected chi connectivity index (χ4v) is 3.90. The molecule has 1 aliphatic rings. The van der Waals surface area contributed by atoms with Gasteiger partial charge in [-0.1, -0.05) is 31.5 Å². The zero-order valence-corrected chi connectivity index (χ0v) is 20.3. The molecular weight excluding hydrogens is 446 g/mol. The number of nitrogens with two attached hydrogens (primary N) is 1. The molecule has 1 saturated heterocycles. The van der Waals surface area contributed by atoms with Crippen LogP contribution in [0.4, 0.5) is 5.69 Å². The highest BCUT2D eigenvalue weighted by molar-refractivity contribution is 6.07. The Balaban J connectivity index is 1.65. The van der Waals surface area contributed by atoms with Crippen LogP contribution in [-0.2, 0) is 9.59 Å². The van der Waals surface area contributed by atoms with Gasteiger partial charge in [0.1, 0.15) is 0 Å². The van der Waals surface area contributed by atoms with E-state index in [9.17, 15) is 14.4 Å². The van der Waals surface area contributed by atoms with Gasteiger partial charge >= 0.3 is 0 Å². The molecule has 1 aliphatic heterocycles. The monoisotopic (exact) mass is 479 g/mol. The van der Waals surface area contributed by atoms with Crippen molar-refractivity contribution in [2.24, 2.45) is 11.7 Å². The maximum absolute atomic E-state index is 13.1. The van der Waals surface area contributed by atoms with Crippen molar-refractivity contribution in [3.63, 3.8) is 0 Å². The van der Waals surface area contributed by atoms with E-state index in [2.05, 4.69) is 12.2 Å². The van der Waals surface area contributed by atoms with Crippen molar-refractivity contribution in [2.45, 2.75) is 32.6 Å². The third-order valence-electron chi connectivity index (χ3n) is 5.97. The van der Waals surface area contributed by atoms with Crippen LogP contribution in [0.25, 0.3) is 6.08 Å². The number of unbranched alkanes of at least 4 members (excludes halogenated alkanes) is 1. The molecule has 0 spiro atoms. The molecule has 2 aromatic rings. The van der Waals surface area contributed by atoms with E-state index in [1.54, 1.807) is 48.4 Å². The number of rotatable bonds is 10. The van der Waals surface area contributed by atoms with Crippen molar-refractivity contribution in [1.82, 2.24) is 4.90 Å². The number of primary amides is 1. The maximum atomic E-state index is 13.1. The number of nitrogens with one attached hydrogen (secondary N) is 1. The van der Waals surface area contributed by atoms with E-state index < -0.39 is 0 Å². The van der Waals surface area contributed by atoms with Gasteiger partial charge in [0, 0.05) is 25.1 Å². The highest BCUT2D eigenvalue weighted by Crippen LogP contribution is 2.29. The Bertz CT molecular complexity index is 1070. The summed E-state index contributed by atoms with van der Waals surface area (Å²) in [5.74, 6) is 0.188. The van der Waals surface area contributed by atoms with Crippen LogP contribution >= 0.6 is 0 Å².